The molecule has 0 aliphatic carbocycles. The Morgan fingerprint density at radius 1 is 1.36 bits per heavy atom. The summed E-state index contributed by atoms with van der Waals surface area (Å²) in [6, 6.07) is -0.363. The highest BCUT2D eigenvalue weighted by molar-refractivity contribution is 6.01. The van der Waals surface area contributed by atoms with Crippen molar-refractivity contribution in [3.8, 4) is 0 Å². The van der Waals surface area contributed by atoms with E-state index in [1.165, 1.54) is 0 Å². The van der Waals surface area contributed by atoms with Crippen LogP contribution in [-0.2, 0) is 14.3 Å². The van der Waals surface area contributed by atoms with Crippen molar-refractivity contribution in [1.82, 2.24) is 10.6 Å². The largest absolute Gasteiger partial charge is 0.373 e. The maximum atomic E-state index is 11.4. The monoisotopic (exact) mass is 198 g/mol. The molecule has 5 heteroatoms. The number of amides is 2. The van der Waals surface area contributed by atoms with E-state index in [1.807, 2.05) is 6.92 Å². The van der Waals surface area contributed by atoms with Crippen molar-refractivity contribution in [3.05, 3.63) is 0 Å². The van der Waals surface area contributed by atoms with Crippen molar-refractivity contribution < 1.29 is 14.3 Å². The van der Waals surface area contributed by atoms with E-state index in [0.717, 1.165) is 12.8 Å². The van der Waals surface area contributed by atoms with Crippen LogP contribution in [-0.4, -0.2) is 36.6 Å². The zero-order valence-corrected chi connectivity index (χ0v) is 8.08. The minimum atomic E-state index is -0.363. The molecule has 2 heterocycles. The molecular weight excluding hydrogens is 184 g/mol. The Labute approximate surface area is 82.2 Å². The average Bonchev–Trinajstić information content (AvgIpc) is 2.51. The third kappa shape index (κ3) is 1.78. The third-order valence-electron chi connectivity index (χ3n) is 2.66. The van der Waals surface area contributed by atoms with E-state index in [1.54, 1.807) is 0 Å². The summed E-state index contributed by atoms with van der Waals surface area (Å²) in [7, 11) is 0. The Morgan fingerprint density at radius 3 is 2.71 bits per heavy atom. The van der Waals surface area contributed by atoms with E-state index in [-0.39, 0.29) is 36.6 Å². The number of rotatable bonds is 1. The molecule has 2 N–H and O–H groups in total. The number of piperazine rings is 1. The van der Waals surface area contributed by atoms with Crippen LogP contribution in [0.2, 0.25) is 0 Å². The van der Waals surface area contributed by atoms with Gasteiger partial charge in [0, 0.05) is 0 Å². The first kappa shape index (κ1) is 9.61. The van der Waals surface area contributed by atoms with Crippen LogP contribution in [0.15, 0.2) is 0 Å². The normalized spacial score (nSPS) is 38.5. The van der Waals surface area contributed by atoms with E-state index >= 15 is 0 Å². The van der Waals surface area contributed by atoms with Crippen molar-refractivity contribution in [2.45, 2.75) is 38.0 Å². The molecule has 78 valence electrons. The molecule has 0 radical (unpaired) electrons. The smallest absolute Gasteiger partial charge is 0.246 e. The van der Waals surface area contributed by atoms with Gasteiger partial charge in [0.15, 0.2) is 0 Å². The van der Waals surface area contributed by atoms with Gasteiger partial charge < -0.3 is 4.74 Å². The quantitative estimate of drug-likeness (QED) is 0.540. The molecule has 2 fully saturated rings. The molecule has 0 spiro atoms. The van der Waals surface area contributed by atoms with Crippen molar-refractivity contribution >= 4 is 11.8 Å². The summed E-state index contributed by atoms with van der Waals surface area (Å²) in [6.45, 7) is 2.19. The highest BCUT2D eigenvalue weighted by Gasteiger charge is 2.37. The zero-order chi connectivity index (χ0) is 10.1. The second kappa shape index (κ2) is 3.67. The maximum Gasteiger partial charge on any atom is 0.246 e. The summed E-state index contributed by atoms with van der Waals surface area (Å²) < 4.78 is 5.57. The molecule has 2 saturated heterocycles. The van der Waals surface area contributed by atoms with Gasteiger partial charge in [-0.05, 0) is 19.8 Å². The minimum absolute atomic E-state index is 0.0851. The fraction of sp³-hybridized carbons (Fsp3) is 0.778. The van der Waals surface area contributed by atoms with Crippen molar-refractivity contribution in [3.63, 3.8) is 0 Å². The predicted octanol–water partition coefficient (Wildman–Crippen LogP) is -0.831. The number of carbonyl (C=O) groups is 2. The number of ether oxygens (including phenoxy) is 1. The summed E-state index contributed by atoms with van der Waals surface area (Å²) in [5, 5.41) is 5.20. The van der Waals surface area contributed by atoms with Gasteiger partial charge in [0.2, 0.25) is 11.8 Å². The molecule has 2 rings (SSSR count). The van der Waals surface area contributed by atoms with Gasteiger partial charge in [-0.2, -0.15) is 0 Å². The first-order valence-electron chi connectivity index (χ1n) is 4.89. The first-order valence-corrected chi connectivity index (χ1v) is 4.89. The Bertz CT molecular complexity index is 267. The fourth-order valence-corrected chi connectivity index (χ4v) is 1.93. The summed E-state index contributed by atoms with van der Waals surface area (Å²) in [6.07, 6.45) is 1.98. The average molecular weight is 198 g/mol. The molecule has 2 amide bonds. The Kier molecular flexibility index (Phi) is 2.52. The topological polar surface area (TPSA) is 67.4 Å². The van der Waals surface area contributed by atoms with Crippen molar-refractivity contribution in [2.24, 2.45) is 0 Å². The third-order valence-corrected chi connectivity index (χ3v) is 2.66. The van der Waals surface area contributed by atoms with Crippen LogP contribution in [0.5, 0.6) is 0 Å². The van der Waals surface area contributed by atoms with Gasteiger partial charge in [-0.3, -0.25) is 20.2 Å². The lowest BCUT2D eigenvalue weighted by Gasteiger charge is -2.26. The van der Waals surface area contributed by atoms with E-state index in [9.17, 15) is 9.59 Å². The van der Waals surface area contributed by atoms with E-state index in [0.29, 0.717) is 0 Å². The van der Waals surface area contributed by atoms with Crippen molar-refractivity contribution in [2.75, 3.05) is 6.54 Å². The number of carbonyl (C=O) groups excluding carboxylic acids is 2. The van der Waals surface area contributed by atoms with Gasteiger partial charge in [-0.15, -0.1) is 0 Å². The molecule has 0 bridgehead atoms. The summed E-state index contributed by atoms with van der Waals surface area (Å²) in [4.78, 5) is 22.3. The van der Waals surface area contributed by atoms with Gasteiger partial charge in [0.05, 0.1) is 18.8 Å². The molecule has 2 aliphatic rings. The van der Waals surface area contributed by atoms with Crippen LogP contribution >= 0.6 is 0 Å². The second-order valence-electron chi connectivity index (χ2n) is 3.83. The molecule has 2 aliphatic heterocycles. The Hall–Kier alpha value is -0.940. The Morgan fingerprint density at radius 2 is 2.14 bits per heavy atom. The van der Waals surface area contributed by atoms with Crippen LogP contribution in [0.4, 0.5) is 0 Å². The van der Waals surface area contributed by atoms with Crippen LogP contribution in [0.25, 0.3) is 0 Å². The Balaban J connectivity index is 1.97. The van der Waals surface area contributed by atoms with Gasteiger partial charge in [-0.25, -0.2) is 0 Å². The predicted molar refractivity (Wildman–Crippen MR) is 48.5 cm³/mol. The lowest BCUT2D eigenvalue weighted by Crippen LogP contribution is -2.60. The highest BCUT2D eigenvalue weighted by atomic mass is 16.5. The summed E-state index contributed by atoms with van der Waals surface area (Å²) in [5.74, 6) is -0.530. The summed E-state index contributed by atoms with van der Waals surface area (Å²) in [5.41, 5.74) is 0. The van der Waals surface area contributed by atoms with Gasteiger partial charge in [0.25, 0.3) is 0 Å². The molecule has 5 nitrogen and oxygen atoms in total. The molecule has 3 unspecified atom stereocenters. The molecule has 0 aromatic carbocycles. The molecular formula is C9H14N2O3. The van der Waals surface area contributed by atoms with Gasteiger partial charge in [-0.1, -0.05) is 0 Å². The van der Waals surface area contributed by atoms with Crippen LogP contribution in [0.3, 0.4) is 0 Å². The minimum Gasteiger partial charge on any atom is -0.373 e. The maximum absolute atomic E-state index is 11.4. The standard InChI is InChI=1S/C9H14N2O3/c1-5-2-3-6(14-5)8-9(13)11-7(12)4-10-8/h5-6,8,10H,2-4H2,1H3,(H,11,12,13). The lowest BCUT2D eigenvalue weighted by molar-refractivity contribution is -0.137. The first-order chi connectivity index (χ1) is 6.66. The SMILES string of the molecule is CC1CCC(C2NCC(=O)NC2=O)O1. The highest BCUT2D eigenvalue weighted by Crippen LogP contribution is 2.22. The molecule has 14 heavy (non-hydrogen) atoms. The lowest BCUT2D eigenvalue weighted by atomic mass is 10.1. The molecule has 0 saturated carbocycles. The zero-order valence-electron chi connectivity index (χ0n) is 8.08. The number of nitrogens with one attached hydrogen (secondary N) is 2. The molecule has 3 atom stereocenters. The van der Waals surface area contributed by atoms with Crippen molar-refractivity contribution in [1.29, 1.82) is 0 Å². The number of hydrogen-bond donors (Lipinski definition) is 2. The van der Waals surface area contributed by atoms with Crippen LogP contribution in [0, 0.1) is 0 Å². The molecule has 0 aromatic heterocycles. The van der Waals surface area contributed by atoms with Crippen LogP contribution in [0.1, 0.15) is 19.8 Å². The van der Waals surface area contributed by atoms with Crippen LogP contribution < -0.4 is 10.6 Å². The van der Waals surface area contributed by atoms with Gasteiger partial charge in [0.1, 0.15) is 6.04 Å². The van der Waals surface area contributed by atoms with E-state index in [4.69, 9.17) is 4.74 Å². The van der Waals surface area contributed by atoms with Gasteiger partial charge >= 0.3 is 0 Å². The number of hydrogen-bond acceptors (Lipinski definition) is 4. The van der Waals surface area contributed by atoms with E-state index in [2.05, 4.69) is 10.6 Å². The van der Waals surface area contributed by atoms with E-state index < -0.39 is 0 Å². The molecule has 0 aromatic rings. The fourth-order valence-electron chi connectivity index (χ4n) is 1.93. The number of imide groups is 1. The second-order valence-corrected chi connectivity index (χ2v) is 3.83. The summed E-state index contributed by atoms with van der Waals surface area (Å²) >= 11 is 0.